The highest BCUT2D eigenvalue weighted by Crippen LogP contribution is 2.27. The number of piperazine rings is 1. The van der Waals surface area contributed by atoms with Crippen molar-refractivity contribution in [1.82, 2.24) is 14.5 Å². The van der Waals surface area contributed by atoms with Gasteiger partial charge >= 0.3 is 5.97 Å². The number of carbonyl (C=O) groups excluding carboxylic acids is 1. The average Bonchev–Trinajstić information content (AvgIpc) is 3.15. The third-order valence-electron chi connectivity index (χ3n) is 5.75. The van der Waals surface area contributed by atoms with Crippen LogP contribution in [0.4, 0.5) is 11.6 Å². The molecule has 11 heteroatoms. The Kier molecular flexibility index (Phi) is 6.73. The van der Waals surface area contributed by atoms with Crippen LogP contribution >= 0.6 is 11.3 Å². The minimum Gasteiger partial charge on any atom is -0.465 e. The lowest BCUT2D eigenvalue weighted by molar-refractivity contribution is 0.0602. The number of rotatable bonds is 5. The van der Waals surface area contributed by atoms with E-state index in [1.807, 2.05) is 17.0 Å². The number of esters is 1. The second-order valence-corrected chi connectivity index (χ2v) is 10.5. The Morgan fingerprint density at radius 3 is 2.03 bits per heavy atom. The molecule has 31 heavy (non-hydrogen) atoms. The highest BCUT2D eigenvalue weighted by Gasteiger charge is 2.33. The summed E-state index contributed by atoms with van der Waals surface area (Å²) in [7, 11) is -2.51. The van der Waals surface area contributed by atoms with Crippen molar-refractivity contribution in [2.75, 3.05) is 56.2 Å². The first-order valence-electron chi connectivity index (χ1n) is 10.5. The van der Waals surface area contributed by atoms with Gasteiger partial charge in [0.25, 0.3) is 0 Å². The van der Waals surface area contributed by atoms with Crippen LogP contribution in [0.15, 0.2) is 28.5 Å². The Morgan fingerprint density at radius 2 is 1.48 bits per heavy atom. The zero-order chi connectivity index (χ0) is 21.8. The molecule has 2 fully saturated rings. The number of nitrogens with zero attached hydrogens (tertiary/aromatic N) is 5. The summed E-state index contributed by atoms with van der Waals surface area (Å²) in [6, 6.07) is 5.43. The van der Waals surface area contributed by atoms with Gasteiger partial charge in [0.2, 0.25) is 10.0 Å². The molecule has 0 spiro atoms. The van der Waals surface area contributed by atoms with Crippen molar-refractivity contribution in [3.63, 3.8) is 0 Å². The predicted molar refractivity (Wildman–Crippen MR) is 119 cm³/mol. The highest BCUT2D eigenvalue weighted by atomic mass is 32.2. The second-order valence-electron chi connectivity index (χ2n) is 7.65. The number of hydrogen-bond acceptors (Lipinski definition) is 9. The van der Waals surface area contributed by atoms with Gasteiger partial charge in [-0.2, -0.15) is 4.31 Å². The summed E-state index contributed by atoms with van der Waals surface area (Å²) in [5.41, 5.74) is 0. The van der Waals surface area contributed by atoms with Crippen molar-refractivity contribution in [1.29, 1.82) is 0 Å². The summed E-state index contributed by atoms with van der Waals surface area (Å²) in [5, 5.41) is 10.4. The van der Waals surface area contributed by atoms with E-state index < -0.39 is 16.0 Å². The molecule has 2 aliphatic heterocycles. The van der Waals surface area contributed by atoms with Gasteiger partial charge in [0.05, 0.1) is 7.11 Å². The van der Waals surface area contributed by atoms with Crippen molar-refractivity contribution >= 4 is 39.0 Å². The van der Waals surface area contributed by atoms with E-state index in [9.17, 15) is 13.2 Å². The fourth-order valence-corrected chi connectivity index (χ4v) is 6.72. The number of anilines is 2. The molecule has 2 aromatic rings. The molecule has 4 rings (SSSR count). The molecule has 0 aliphatic carbocycles. The van der Waals surface area contributed by atoms with E-state index in [0.29, 0.717) is 26.2 Å². The lowest BCUT2D eigenvalue weighted by atomic mass is 10.2. The van der Waals surface area contributed by atoms with Crippen molar-refractivity contribution in [2.45, 2.75) is 30.6 Å². The molecule has 2 aromatic heterocycles. The van der Waals surface area contributed by atoms with Crippen molar-refractivity contribution in [3.8, 4) is 0 Å². The molecule has 0 atom stereocenters. The largest absolute Gasteiger partial charge is 0.465 e. The summed E-state index contributed by atoms with van der Waals surface area (Å²) in [4.78, 5) is 16.4. The van der Waals surface area contributed by atoms with Crippen molar-refractivity contribution < 1.29 is 17.9 Å². The van der Waals surface area contributed by atoms with Crippen LogP contribution in [-0.4, -0.2) is 75.3 Å². The first kappa shape index (κ1) is 22.0. The van der Waals surface area contributed by atoms with Crippen LogP contribution in [0.3, 0.4) is 0 Å². The number of thiophene rings is 1. The van der Waals surface area contributed by atoms with Crippen LogP contribution in [0.5, 0.6) is 0 Å². The molecule has 0 amide bonds. The SMILES string of the molecule is COC(=O)c1sccc1S(=O)(=O)N1CCN(c2ccc(N3CCCCCC3)nn2)CC1. The number of carbonyl (C=O) groups is 1. The third-order valence-corrected chi connectivity index (χ3v) is 8.71. The maximum Gasteiger partial charge on any atom is 0.349 e. The smallest absolute Gasteiger partial charge is 0.349 e. The standard InChI is InChI=1S/C20H27N5O4S2/c1-29-20(26)19-16(8-15-30-19)31(27,28)25-13-11-24(12-14-25)18-7-6-17(21-22-18)23-9-4-2-3-5-10-23/h6-8,15H,2-5,9-14H2,1H3. The normalized spacial score (nSPS) is 18.6. The Labute approximate surface area is 186 Å². The molecule has 0 unspecified atom stereocenters. The fraction of sp³-hybridized carbons (Fsp3) is 0.550. The quantitative estimate of drug-likeness (QED) is 0.620. The van der Waals surface area contributed by atoms with E-state index in [1.54, 1.807) is 5.38 Å². The van der Waals surface area contributed by atoms with E-state index in [4.69, 9.17) is 4.74 Å². The molecule has 0 saturated carbocycles. The Bertz CT molecular complexity index is 993. The van der Waals surface area contributed by atoms with E-state index in [0.717, 1.165) is 36.1 Å². The van der Waals surface area contributed by atoms with Gasteiger partial charge in [-0.1, -0.05) is 12.8 Å². The second kappa shape index (κ2) is 9.49. The summed E-state index contributed by atoms with van der Waals surface area (Å²) in [6.45, 7) is 3.67. The minimum absolute atomic E-state index is 0.0133. The molecule has 0 radical (unpaired) electrons. The first-order chi connectivity index (χ1) is 15.0. The van der Waals surface area contributed by atoms with Crippen LogP contribution in [0.2, 0.25) is 0 Å². The topological polar surface area (TPSA) is 95.9 Å². The maximum atomic E-state index is 13.1. The fourth-order valence-electron chi connectivity index (χ4n) is 3.99. The van der Waals surface area contributed by atoms with Gasteiger partial charge in [0.1, 0.15) is 9.77 Å². The minimum atomic E-state index is -3.76. The number of sulfonamides is 1. The van der Waals surface area contributed by atoms with Crippen molar-refractivity contribution in [2.24, 2.45) is 0 Å². The Morgan fingerprint density at radius 1 is 0.903 bits per heavy atom. The lowest BCUT2D eigenvalue weighted by Crippen LogP contribution is -2.49. The zero-order valence-electron chi connectivity index (χ0n) is 17.6. The predicted octanol–water partition coefficient (Wildman–Crippen LogP) is 2.22. The molecule has 2 saturated heterocycles. The number of ether oxygens (including phenoxy) is 1. The molecule has 0 aromatic carbocycles. The van der Waals surface area contributed by atoms with Crippen LogP contribution in [0, 0.1) is 0 Å². The molecule has 0 N–H and O–H groups in total. The lowest BCUT2D eigenvalue weighted by Gasteiger charge is -2.34. The molecular weight excluding hydrogens is 438 g/mol. The Hall–Kier alpha value is -2.24. The number of aromatic nitrogens is 2. The van der Waals surface area contributed by atoms with Gasteiger partial charge in [-0.15, -0.1) is 21.5 Å². The van der Waals surface area contributed by atoms with E-state index in [1.165, 1.54) is 43.2 Å². The van der Waals surface area contributed by atoms with Crippen LogP contribution in [0.1, 0.15) is 35.4 Å². The molecule has 4 heterocycles. The zero-order valence-corrected chi connectivity index (χ0v) is 19.2. The van der Waals surface area contributed by atoms with E-state index in [2.05, 4.69) is 15.1 Å². The number of hydrogen-bond donors (Lipinski definition) is 0. The van der Waals surface area contributed by atoms with Crippen LogP contribution < -0.4 is 9.80 Å². The van der Waals surface area contributed by atoms with Gasteiger partial charge in [0, 0.05) is 39.3 Å². The molecule has 9 nitrogen and oxygen atoms in total. The molecule has 168 valence electrons. The van der Waals surface area contributed by atoms with Gasteiger partial charge in [-0.3, -0.25) is 0 Å². The van der Waals surface area contributed by atoms with E-state index in [-0.39, 0.29) is 9.77 Å². The molecule has 2 aliphatic rings. The summed E-state index contributed by atoms with van der Waals surface area (Å²) < 4.78 is 32.2. The Balaban J connectivity index is 1.40. The summed E-state index contributed by atoms with van der Waals surface area (Å²) in [6.07, 6.45) is 4.90. The van der Waals surface area contributed by atoms with Gasteiger partial charge in [0.15, 0.2) is 11.6 Å². The highest BCUT2D eigenvalue weighted by molar-refractivity contribution is 7.89. The van der Waals surface area contributed by atoms with Crippen LogP contribution in [0.25, 0.3) is 0 Å². The maximum absolute atomic E-state index is 13.1. The monoisotopic (exact) mass is 465 g/mol. The molecule has 0 bridgehead atoms. The third kappa shape index (κ3) is 4.68. The van der Waals surface area contributed by atoms with Gasteiger partial charge in [-0.25, -0.2) is 13.2 Å². The summed E-state index contributed by atoms with van der Waals surface area (Å²) in [5.74, 6) is 1.02. The van der Waals surface area contributed by atoms with E-state index >= 15 is 0 Å². The van der Waals surface area contributed by atoms with Crippen molar-refractivity contribution in [3.05, 3.63) is 28.5 Å². The first-order valence-corrected chi connectivity index (χ1v) is 12.8. The average molecular weight is 466 g/mol. The number of methoxy groups -OCH3 is 1. The molecular formula is C20H27N5O4S2. The van der Waals surface area contributed by atoms with Crippen LogP contribution in [-0.2, 0) is 14.8 Å². The summed E-state index contributed by atoms with van der Waals surface area (Å²) >= 11 is 1.07. The van der Waals surface area contributed by atoms with Gasteiger partial charge < -0.3 is 14.5 Å². The van der Waals surface area contributed by atoms with Gasteiger partial charge in [-0.05, 0) is 36.4 Å².